The van der Waals surface area contributed by atoms with Gasteiger partial charge in [-0.1, -0.05) is 24.3 Å². The van der Waals surface area contributed by atoms with E-state index in [4.69, 9.17) is 0 Å². The van der Waals surface area contributed by atoms with Crippen molar-refractivity contribution in [1.29, 1.82) is 0 Å². The molecular formula is C16H18N2O. The third-order valence-electron chi connectivity index (χ3n) is 3.04. The van der Waals surface area contributed by atoms with E-state index in [9.17, 15) is 4.79 Å². The third kappa shape index (κ3) is 3.65. The number of carbonyl (C=O) groups excluding carboxylic acids is 1. The van der Waals surface area contributed by atoms with Gasteiger partial charge < -0.3 is 4.90 Å². The highest BCUT2D eigenvalue weighted by Gasteiger charge is 2.13. The smallest absolute Gasteiger partial charge is 0.227 e. The molecule has 19 heavy (non-hydrogen) atoms. The number of para-hydroxylation sites is 1. The lowest BCUT2D eigenvalue weighted by Gasteiger charge is -2.21. The molecule has 0 spiro atoms. The molecule has 1 aromatic carbocycles. The van der Waals surface area contributed by atoms with E-state index in [1.54, 1.807) is 6.20 Å². The summed E-state index contributed by atoms with van der Waals surface area (Å²) in [5.41, 5.74) is 2.06. The van der Waals surface area contributed by atoms with Gasteiger partial charge in [-0.2, -0.15) is 0 Å². The maximum absolute atomic E-state index is 12.3. The predicted molar refractivity (Wildman–Crippen MR) is 77.0 cm³/mol. The summed E-state index contributed by atoms with van der Waals surface area (Å²) in [5.74, 6) is 0.151. The van der Waals surface area contributed by atoms with Gasteiger partial charge in [-0.25, -0.2) is 0 Å². The van der Waals surface area contributed by atoms with Crippen LogP contribution in [0.25, 0.3) is 0 Å². The van der Waals surface area contributed by atoms with Crippen LogP contribution < -0.4 is 4.90 Å². The van der Waals surface area contributed by atoms with Crippen LogP contribution in [0.5, 0.6) is 0 Å². The molecule has 98 valence electrons. The van der Waals surface area contributed by atoms with Crippen LogP contribution >= 0.6 is 0 Å². The maximum atomic E-state index is 12.3. The molecule has 3 nitrogen and oxygen atoms in total. The molecule has 0 N–H and O–H groups in total. The van der Waals surface area contributed by atoms with Crippen LogP contribution in [0.15, 0.2) is 54.9 Å². The molecule has 0 radical (unpaired) electrons. The summed E-state index contributed by atoms with van der Waals surface area (Å²) >= 11 is 0. The molecule has 0 saturated carbocycles. The van der Waals surface area contributed by atoms with Crippen molar-refractivity contribution < 1.29 is 4.79 Å². The number of rotatable bonds is 5. The zero-order chi connectivity index (χ0) is 13.5. The lowest BCUT2D eigenvalue weighted by atomic mass is 10.1. The predicted octanol–water partition coefficient (Wildman–Crippen LogP) is 3.07. The normalized spacial score (nSPS) is 10.2. The van der Waals surface area contributed by atoms with Crippen LogP contribution in [0.2, 0.25) is 0 Å². The number of hydrogen-bond acceptors (Lipinski definition) is 2. The minimum atomic E-state index is 0.151. The molecule has 1 heterocycles. The maximum Gasteiger partial charge on any atom is 0.227 e. The summed E-state index contributed by atoms with van der Waals surface area (Å²) in [6, 6.07) is 13.7. The van der Waals surface area contributed by atoms with Crippen LogP contribution in [0.3, 0.4) is 0 Å². The van der Waals surface area contributed by atoms with Crippen molar-refractivity contribution >= 4 is 11.6 Å². The summed E-state index contributed by atoms with van der Waals surface area (Å²) in [4.78, 5) is 18.1. The first-order valence-electron chi connectivity index (χ1n) is 6.55. The fraction of sp³-hybridized carbons (Fsp3) is 0.250. The van der Waals surface area contributed by atoms with E-state index in [2.05, 4.69) is 4.98 Å². The molecule has 1 aromatic heterocycles. The minimum Gasteiger partial charge on any atom is -0.313 e. The second-order valence-corrected chi connectivity index (χ2v) is 4.33. The average Bonchev–Trinajstić information content (AvgIpc) is 2.48. The standard InChI is InChI=1S/C16H18N2O/c1-2-18(15-8-4-3-5-9-15)16(19)11-10-14-7-6-12-17-13-14/h3-9,12-13H,2,10-11H2,1H3. The Hall–Kier alpha value is -2.16. The molecule has 3 heteroatoms. The molecule has 1 amide bonds. The highest BCUT2D eigenvalue weighted by molar-refractivity contribution is 5.93. The van der Waals surface area contributed by atoms with Gasteiger partial charge in [-0.15, -0.1) is 0 Å². The second kappa shape index (κ2) is 6.69. The number of carbonyl (C=O) groups is 1. The molecule has 0 saturated heterocycles. The number of benzene rings is 1. The van der Waals surface area contributed by atoms with Gasteiger partial charge in [-0.3, -0.25) is 9.78 Å². The van der Waals surface area contributed by atoms with E-state index < -0.39 is 0 Å². The Bertz CT molecular complexity index is 511. The molecule has 0 fully saturated rings. The van der Waals surface area contributed by atoms with Crippen molar-refractivity contribution in [3.8, 4) is 0 Å². The SMILES string of the molecule is CCN(C(=O)CCc1cccnc1)c1ccccc1. The van der Waals surface area contributed by atoms with Crippen LogP contribution in [0.4, 0.5) is 5.69 Å². The summed E-state index contributed by atoms with van der Waals surface area (Å²) in [5, 5.41) is 0. The Balaban J connectivity index is 1.98. The Morgan fingerprint density at radius 2 is 1.95 bits per heavy atom. The van der Waals surface area contributed by atoms with Crippen molar-refractivity contribution in [2.75, 3.05) is 11.4 Å². The molecule has 2 aromatic rings. The minimum absolute atomic E-state index is 0.151. The van der Waals surface area contributed by atoms with Gasteiger partial charge in [0.1, 0.15) is 0 Å². The number of nitrogens with zero attached hydrogens (tertiary/aromatic N) is 2. The van der Waals surface area contributed by atoms with Crippen molar-refractivity contribution in [2.24, 2.45) is 0 Å². The van der Waals surface area contributed by atoms with E-state index in [0.717, 1.165) is 17.7 Å². The highest BCUT2D eigenvalue weighted by Crippen LogP contribution is 2.15. The molecule has 0 unspecified atom stereocenters. The van der Waals surface area contributed by atoms with Crippen molar-refractivity contribution in [3.63, 3.8) is 0 Å². The second-order valence-electron chi connectivity index (χ2n) is 4.33. The van der Waals surface area contributed by atoms with Crippen molar-refractivity contribution in [3.05, 3.63) is 60.4 Å². The number of aromatic nitrogens is 1. The Morgan fingerprint density at radius 1 is 1.16 bits per heavy atom. The first-order chi connectivity index (χ1) is 9.31. The molecule has 0 aliphatic rings. The van der Waals surface area contributed by atoms with Gasteiger partial charge in [0.05, 0.1) is 0 Å². The summed E-state index contributed by atoms with van der Waals surface area (Å²) in [6.07, 6.45) is 4.80. The zero-order valence-electron chi connectivity index (χ0n) is 11.1. The van der Waals surface area contributed by atoms with Gasteiger partial charge in [0.15, 0.2) is 0 Å². The number of pyridine rings is 1. The van der Waals surface area contributed by atoms with Gasteiger partial charge >= 0.3 is 0 Å². The van der Waals surface area contributed by atoms with E-state index in [1.807, 2.05) is 60.5 Å². The molecular weight excluding hydrogens is 236 g/mol. The number of amides is 1. The van der Waals surface area contributed by atoms with Gasteiger partial charge in [0.2, 0.25) is 5.91 Å². The molecule has 0 aliphatic heterocycles. The number of anilines is 1. The fourth-order valence-corrected chi connectivity index (χ4v) is 2.04. The van der Waals surface area contributed by atoms with Gasteiger partial charge in [0.25, 0.3) is 0 Å². The first kappa shape index (κ1) is 13.3. The van der Waals surface area contributed by atoms with Crippen molar-refractivity contribution in [2.45, 2.75) is 19.8 Å². The third-order valence-corrected chi connectivity index (χ3v) is 3.04. The quantitative estimate of drug-likeness (QED) is 0.821. The van der Waals surface area contributed by atoms with E-state index >= 15 is 0 Å². The number of hydrogen-bond donors (Lipinski definition) is 0. The largest absolute Gasteiger partial charge is 0.313 e. The molecule has 2 rings (SSSR count). The fourth-order valence-electron chi connectivity index (χ4n) is 2.04. The highest BCUT2D eigenvalue weighted by atomic mass is 16.2. The van der Waals surface area contributed by atoms with E-state index in [-0.39, 0.29) is 5.91 Å². The van der Waals surface area contributed by atoms with Crippen LogP contribution in [0, 0.1) is 0 Å². The topological polar surface area (TPSA) is 33.2 Å². The lowest BCUT2D eigenvalue weighted by molar-refractivity contribution is -0.118. The van der Waals surface area contributed by atoms with Gasteiger partial charge in [0, 0.05) is 31.0 Å². The monoisotopic (exact) mass is 254 g/mol. The Labute approximate surface area is 113 Å². The Morgan fingerprint density at radius 3 is 2.58 bits per heavy atom. The van der Waals surface area contributed by atoms with E-state index in [0.29, 0.717) is 13.0 Å². The van der Waals surface area contributed by atoms with Gasteiger partial charge in [-0.05, 0) is 37.1 Å². The van der Waals surface area contributed by atoms with Crippen LogP contribution in [-0.4, -0.2) is 17.4 Å². The Kier molecular flexibility index (Phi) is 4.67. The zero-order valence-corrected chi connectivity index (χ0v) is 11.1. The summed E-state index contributed by atoms with van der Waals surface area (Å²) in [7, 11) is 0. The van der Waals surface area contributed by atoms with E-state index in [1.165, 1.54) is 0 Å². The van der Waals surface area contributed by atoms with Crippen LogP contribution in [0.1, 0.15) is 18.9 Å². The summed E-state index contributed by atoms with van der Waals surface area (Å²) < 4.78 is 0. The molecule has 0 atom stereocenters. The van der Waals surface area contributed by atoms with Crippen molar-refractivity contribution in [1.82, 2.24) is 4.98 Å². The first-order valence-corrected chi connectivity index (χ1v) is 6.55. The van der Waals surface area contributed by atoms with Crippen LogP contribution in [-0.2, 0) is 11.2 Å². The number of aryl methyl sites for hydroxylation is 1. The average molecular weight is 254 g/mol. The lowest BCUT2D eigenvalue weighted by Crippen LogP contribution is -2.30. The summed E-state index contributed by atoms with van der Waals surface area (Å²) in [6.45, 7) is 2.69. The molecule has 0 aliphatic carbocycles. The molecule has 0 bridgehead atoms.